The third-order valence-electron chi connectivity index (χ3n) is 2.32. The molecule has 0 bridgehead atoms. The van der Waals surface area contributed by atoms with Crippen molar-refractivity contribution in [3.8, 4) is 0 Å². The quantitative estimate of drug-likeness (QED) is 0.652. The fourth-order valence-electron chi connectivity index (χ4n) is 1.31. The van der Waals surface area contributed by atoms with Crippen LogP contribution in [0, 0.1) is 0 Å². The summed E-state index contributed by atoms with van der Waals surface area (Å²) in [6.45, 7) is 3.30. The summed E-state index contributed by atoms with van der Waals surface area (Å²) >= 11 is 0. The van der Waals surface area contributed by atoms with Gasteiger partial charge in [-0.05, 0) is 13.3 Å². The van der Waals surface area contributed by atoms with E-state index in [4.69, 9.17) is 14.6 Å². The molecule has 0 amide bonds. The number of hydrogen-bond donors (Lipinski definition) is 1. The van der Waals surface area contributed by atoms with Crippen molar-refractivity contribution < 1.29 is 24.2 Å². The van der Waals surface area contributed by atoms with Crippen molar-refractivity contribution in [2.24, 2.45) is 0 Å². The molecule has 80 valence electrons. The molecule has 14 heavy (non-hydrogen) atoms. The van der Waals surface area contributed by atoms with Crippen LogP contribution in [0.3, 0.4) is 0 Å². The van der Waals surface area contributed by atoms with Gasteiger partial charge in [-0.1, -0.05) is 6.92 Å². The van der Waals surface area contributed by atoms with Gasteiger partial charge in [0, 0.05) is 6.42 Å². The number of carbonyl (C=O) groups is 2. The number of cyclic esters (lactones) is 1. The molecule has 0 radical (unpaired) electrons. The highest BCUT2D eigenvalue weighted by Crippen LogP contribution is 2.28. The largest absolute Gasteiger partial charge is 0.463 e. The van der Waals surface area contributed by atoms with Crippen LogP contribution in [0.1, 0.15) is 26.7 Å². The molecule has 0 aromatic heterocycles. The average molecular weight is 202 g/mol. The zero-order chi connectivity index (χ0) is 10.8. The summed E-state index contributed by atoms with van der Waals surface area (Å²) < 4.78 is 9.70. The molecule has 1 N–H and O–H groups in total. The van der Waals surface area contributed by atoms with E-state index in [0.29, 0.717) is 12.8 Å². The third-order valence-corrected chi connectivity index (χ3v) is 2.32. The Morgan fingerprint density at radius 3 is 2.79 bits per heavy atom. The van der Waals surface area contributed by atoms with Crippen LogP contribution in [0.5, 0.6) is 0 Å². The number of ether oxygens (including phenoxy) is 2. The van der Waals surface area contributed by atoms with Gasteiger partial charge in [-0.25, -0.2) is 9.59 Å². The number of esters is 2. The summed E-state index contributed by atoms with van der Waals surface area (Å²) in [4.78, 5) is 22.4. The van der Waals surface area contributed by atoms with Crippen LogP contribution < -0.4 is 0 Å². The predicted octanol–water partition coefficient (Wildman–Crippen LogP) is 0.00610. The Labute approximate surface area is 82.0 Å². The highest BCUT2D eigenvalue weighted by Gasteiger charge is 2.47. The standard InChI is InChI=1S/C9H14O5/c1-3-9(4-5-13-8(9)12)14-7(11)6(2)10/h6,10H,3-5H2,1-2H3. The van der Waals surface area contributed by atoms with E-state index in [0.717, 1.165) is 0 Å². The monoisotopic (exact) mass is 202 g/mol. The van der Waals surface area contributed by atoms with Crippen LogP contribution >= 0.6 is 0 Å². The van der Waals surface area contributed by atoms with Gasteiger partial charge in [-0.3, -0.25) is 0 Å². The summed E-state index contributed by atoms with van der Waals surface area (Å²) in [6.07, 6.45) is -0.489. The van der Waals surface area contributed by atoms with Gasteiger partial charge in [0.15, 0.2) is 0 Å². The molecule has 5 nitrogen and oxygen atoms in total. The highest BCUT2D eigenvalue weighted by atomic mass is 16.6. The van der Waals surface area contributed by atoms with E-state index < -0.39 is 23.6 Å². The van der Waals surface area contributed by atoms with E-state index in [1.807, 2.05) is 0 Å². The second-order valence-corrected chi connectivity index (χ2v) is 3.33. The van der Waals surface area contributed by atoms with Gasteiger partial charge < -0.3 is 14.6 Å². The number of hydrogen-bond acceptors (Lipinski definition) is 5. The Bertz CT molecular complexity index is 248. The van der Waals surface area contributed by atoms with Crippen molar-refractivity contribution in [2.75, 3.05) is 6.61 Å². The SMILES string of the molecule is CCC1(OC(=O)C(C)O)CCOC1=O. The van der Waals surface area contributed by atoms with Crippen molar-refractivity contribution in [3.63, 3.8) is 0 Å². The van der Waals surface area contributed by atoms with Crippen molar-refractivity contribution in [1.29, 1.82) is 0 Å². The van der Waals surface area contributed by atoms with E-state index >= 15 is 0 Å². The summed E-state index contributed by atoms with van der Waals surface area (Å²) in [7, 11) is 0. The van der Waals surface area contributed by atoms with Crippen molar-refractivity contribution in [2.45, 2.75) is 38.4 Å². The minimum absolute atomic E-state index is 0.264. The molecule has 5 heteroatoms. The van der Waals surface area contributed by atoms with Crippen LogP contribution in [-0.4, -0.2) is 35.4 Å². The van der Waals surface area contributed by atoms with E-state index in [1.165, 1.54) is 6.92 Å². The van der Waals surface area contributed by atoms with Crippen molar-refractivity contribution in [3.05, 3.63) is 0 Å². The molecule has 2 unspecified atom stereocenters. The lowest BCUT2D eigenvalue weighted by atomic mass is 9.99. The van der Waals surface area contributed by atoms with Gasteiger partial charge in [-0.15, -0.1) is 0 Å². The molecule has 0 aromatic rings. The molecule has 0 aromatic carbocycles. The summed E-state index contributed by atoms with van der Waals surface area (Å²) in [5.74, 6) is -1.31. The molecule has 1 saturated heterocycles. The Balaban J connectivity index is 2.71. The van der Waals surface area contributed by atoms with Gasteiger partial charge in [0.25, 0.3) is 0 Å². The third kappa shape index (κ3) is 1.87. The first-order valence-corrected chi connectivity index (χ1v) is 4.60. The van der Waals surface area contributed by atoms with E-state index in [-0.39, 0.29) is 6.61 Å². The summed E-state index contributed by atoms with van der Waals surface area (Å²) in [5.41, 5.74) is -1.17. The second-order valence-electron chi connectivity index (χ2n) is 3.33. The molecule has 1 aliphatic rings. The first kappa shape index (κ1) is 11.0. The molecule has 0 aliphatic carbocycles. The van der Waals surface area contributed by atoms with Crippen molar-refractivity contribution in [1.82, 2.24) is 0 Å². The Morgan fingerprint density at radius 1 is 1.79 bits per heavy atom. The fraction of sp³-hybridized carbons (Fsp3) is 0.778. The molecular formula is C9H14O5. The lowest BCUT2D eigenvalue weighted by molar-refractivity contribution is -0.178. The molecule has 0 spiro atoms. The first-order chi connectivity index (χ1) is 6.52. The van der Waals surface area contributed by atoms with Crippen LogP contribution in [0.2, 0.25) is 0 Å². The first-order valence-electron chi connectivity index (χ1n) is 4.60. The minimum atomic E-state index is -1.22. The van der Waals surface area contributed by atoms with Gasteiger partial charge in [0.05, 0.1) is 6.61 Å². The molecule has 1 aliphatic heterocycles. The molecule has 0 saturated carbocycles. The lowest BCUT2D eigenvalue weighted by Crippen LogP contribution is -2.41. The molecule has 1 heterocycles. The summed E-state index contributed by atoms with van der Waals surface area (Å²) in [5, 5.41) is 8.95. The number of carbonyl (C=O) groups excluding carboxylic acids is 2. The topological polar surface area (TPSA) is 72.8 Å². The summed E-state index contributed by atoms with van der Waals surface area (Å²) in [6, 6.07) is 0. The van der Waals surface area contributed by atoms with Crippen LogP contribution in [0.15, 0.2) is 0 Å². The van der Waals surface area contributed by atoms with Gasteiger partial charge in [0.1, 0.15) is 6.10 Å². The maximum atomic E-state index is 11.3. The van der Waals surface area contributed by atoms with E-state index in [1.54, 1.807) is 6.92 Å². The van der Waals surface area contributed by atoms with Crippen molar-refractivity contribution >= 4 is 11.9 Å². The zero-order valence-corrected chi connectivity index (χ0v) is 8.28. The number of rotatable bonds is 3. The Kier molecular flexibility index (Phi) is 3.10. The maximum absolute atomic E-state index is 11.3. The molecule has 1 fully saturated rings. The molecule has 1 rings (SSSR count). The van der Waals surface area contributed by atoms with Gasteiger partial charge in [0.2, 0.25) is 5.60 Å². The maximum Gasteiger partial charge on any atom is 0.350 e. The number of aliphatic hydroxyl groups excluding tert-OH is 1. The zero-order valence-electron chi connectivity index (χ0n) is 8.28. The lowest BCUT2D eigenvalue weighted by Gasteiger charge is -2.23. The second kappa shape index (κ2) is 3.96. The van der Waals surface area contributed by atoms with E-state index in [9.17, 15) is 9.59 Å². The number of aliphatic hydroxyl groups is 1. The van der Waals surface area contributed by atoms with Crippen LogP contribution in [-0.2, 0) is 19.1 Å². The van der Waals surface area contributed by atoms with Gasteiger partial charge in [-0.2, -0.15) is 0 Å². The van der Waals surface area contributed by atoms with E-state index in [2.05, 4.69) is 0 Å². The minimum Gasteiger partial charge on any atom is -0.463 e. The Morgan fingerprint density at radius 2 is 2.43 bits per heavy atom. The average Bonchev–Trinajstić information content (AvgIpc) is 2.48. The predicted molar refractivity (Wildman–Crippen MR) is 46.4 cm³/mol. The van der Waals surface area contributed by atoms with Crippen LogP contribution in [0.25, 0.3) is 0 Å². The Hall–Kier alpha value is -1.10. The van der Waals surface area contributed by atoms with Crippen LogP contribution in [0.4, 0.5) is 0 Å². The normalized spacial score (nSPS) is 28.4. The molecule has 2 atom stereocenters. The highest BCUT2D eigenvalue weighted by molar-refractivity contribution is 5.85. The fourth-order valence-corrected chi connectivity index (χ4v) is 1.31. The smallest absolute Gasteiger partial charge is 0.350 e. The van der Waals surface area contributed by atoms with Gasteiger partial charge >= 0.3 is 11.9 Å². The molecular weight excluding hydrogens is 188 g/mol.